The van der Waals surface area contributed by atoms with Gasteiger partial charge in [0.1, 0.15) is 11.3 Å². The van der Waals surface area contributed by atoms with E-state index < -0.39 is 10.0 Å². The molecule has 0 radical (unpaired) electrons. The van der Waals surface area contributed by atoms with Gasteiger partial charge in [-0.2, -0.15) is 4.31 Å². The second-order valence-corrected chi connectivity index (χ2v) is 11.7. The molecule has 3 heterocycles. The van der Waals surface area contributed by atoms with Crippen LogP contribution >= 0.6 is 0 Å². The second kappa shape index (κ2) is 12.3. The molecule has 4 rings (SSSR count). The first-order chi connectivity index (χ1) is 18.8. The lowest BCUT2D eigenvalue weighted by Crippen LogP contribution is -2.48. The van der Waals surface area contributed by atoms with E-state index >= 15 is 0 Å². The summed E-state index contributed by atoms with van der Waals surface area (Å²) in [4.78, 5) is 18.5. The van der Waals surface area contributed by atoms with E-state index in [9.17, 15) is 18.4 Å². The third-order valence-electron chi connectivity index (χ3n) is 7.16. The fourth-order valence-electron chi connectivity index (χ4n) is 5.11. The molecule has 0 aliphatic carbocycles. The van der Waals surface area contributed by atoms with Gasteiger partial charge in [-0.25, -0.2) is 12.9 Å². The van der Waals surface area contributed by atoms with Crippen molar-refractivity contribution in [2.75, 3.05) is 39.3 Å². The Labute approximate surface area is 229 Å². The number of aromatic amines is 1. The van der Waals surface area contributed by atoms with E-state index in [1.807, 2.05) is 13.8 Å². The van der Waals surface area contributed by atoms with Crippen molar-refractivity contribution < 1.29 is 18.4 Å². The minimum atomic E-state index is -3.77. The van der Waals surface area contributed by atoms with Crippen molar-refractivity contribution in [1.29, 1.82) is 0 Å². The van der Waals surface area contributed by atoms with Gasteiger partial charge in [-0.05, 0) is 57.0 Å². The molecule has 0 bridgehead atoms. The number of rotatable bonds is 11. The van der Waals surface area contributed by atoms with Crippen molar-refractivity contribution >= 4 is 21.8 Å². The van der Waals surface area contributed by atoms with Gasteiger partial charge in [-0.15, -0.1) is 5.10 Å². The van der Waals surface area contributed by atoms with Crippen LogP contribution in [0.2, 0.25) is 0 Å². The van der Waals surface area contributed by atoms with Gasteiger partial charge in [0.05, 0.1) is 29.0 Å². The van der Waals surface area contributed by atoms with Crippen LogP contribution in [0.5, 0.6) is 5.75 Å². The average Bonchev–Trinajstić information content (AvgIpc) is 3.19. The van der Waals surface area contributed by atoms with E-state index in [1.54, 1.807) is 23.6 Å². The molecule has 0 atom stereocenters. The highest BCUT2D eigenvalue weighted by Crippen LogP contribution is 2.32. The number of piperazine rings is 1. The number of fused-ring (bicyclic) bond motifs is 1. The van der Waals surface area contributed by atoms with Crippen molar-refractivity contribution in [2.24, 2.45) is 5.16 Å². The average molecular weight is 559 g/mol. The van der Waals surface area contributed by atoms with Crippen LogP contribution in [0.15, 0.2) is 33.0 Å². The van der Waals surface area contributed by atoms with E-state index in [-0.39, 0.29) is 16.3 Å². The monoisotopic (exact) mass is 558 g/mol. The highest BCUT2D eigenvalue weighted by atomic mass is 32.2. The minimum absolute atomic E-state index is 0.122. The van der Waals surface area contributed by atoms with Crippen molar-refractivity contribution in [1.82, 2.24) is 23.8 Å². The molecule has 0 saturated carbocycles. The number of unbranched alkanes of at least 4 members (excludes halogenated alkanes) is 1. The van der Waals surface area contributed by atoms with Gasteiger partial charge in [0.2, 0.25) is 10.0 Å². The molecule has 12 heteroatoms. The van der Waals surface area contributed by atoms with Crippen molar-refractivity contribution in [3.63, 3.8) is 0 Å². The second-order valence-electron chi connectivity index (χ2n) is 9.73. The van der Waals surface area contributed by atoms with Gasteiger partial charge < -0.3 is 19.8 Å². The molecule has 39 heavy (non-hydrogen) atoms. The van der Waals surface area contributed by atoms with E-state index in [0.717, 1.165) is 31.5 Å². The third kappa shape index (κ3) is 5.73. The maximum Gasteiger partial charge on any atom is 0.275 e. The molecule has 3 aromatic rings. The Morgan fingerprint density at radius 1 is 1.15 bits per heavy atom. The summed E-state index contributed by atoms with van der Waals surface area (Å²) < 4.78 is 36.2. The Morgan fingerprint density at radius 2 is 1.90 bits per heavy atom. The van der Waals surface area contributed by atoms with Gasteiger partial charge in [-0.3, -0.25) is 4.79 Å². The third-order valence-corrected chi connectivity index (χ3v) is 9.06. The summed E-state index contributed by atoms with van der Waals surface area (Å²) in [5.41, 5.74) is 2.36. The van der Waals surface area contributed by atoms with Crippen LogP contribution in [0.3, 0.4) is 0 Å². The number of aryl methyl sites for hydroxylation is 2. The Balaban J connectivity index is 1.79. The van der Waals surface area contributed by atoms with Gasteiger partial charge in [-0.1, -0.05) is 31.8 Å². The number of aromatic nitrogens is 3. The predicted molar refractivity (Wildman–Crippen MR) is 151 cm³/mol. The first-order valence-electron chi connectivity index (χ1n) is 13.6. The van der Waals surface area contributed by atoms with E-state index in [2.05, 4.69) is 22.0 Å². The SMILES string of the molecule is CCCCN1CCN(S(=O)(=O)c2ccc(OCC)c(-c3nn4c(CCC)c(/C=N/O)c(C)c4c(=O)[nH]3)c2)CC1. The smallest absolute Gasteiger partial charge is 0.275 e. The molecule has 11 nitrogen and oxygen atoms in total. The Morgan fingerprint density at radius 3 is 2.54 bits per heavy atom. The van der Waals surface area contributed by atoms with Crippen LogP contribution in [0.1, 0.15) is 56.9 Å². The highest BCUT2D eigenvalue weighted by molar-refractivity contribution is 7.89. The maximum atomic E-state index is 13.6. The molecule has 2 N–H and O–H groups in total. The fourth-order valence-corrected chi connectivity index (χ4v) is 6.56. The summed E-state index contributed by atoms with van der Waals surface area (Å²) in [6.07, 6.45) is 4.90. The van der Waals surface area contributed by atoms with Gasteiger partial charge >= 0.3 is 0 Å². The van der Waals surface area contributed by atoms with Crippen LogP contribution in [-0.2, 0) is 16.4 Å². The van der Waals surface area contributed by atoms with Crippen LogP contribution in [0.25, 0.3) is 16.9 Å². The number of nitrogens with zero attached hydrogens (tertiary/aromatic N) is 5. The lowest BCUT2D eigenvalue weighted by molar-refractivity contribution is 0.186. The van der Waals surface area contributed by atoms with Crippen LogP contribution < -0.4 is 10.3 Å². The molecule has 1 saturated heterocycles. The number of oxime groups is 1. The number of sulfonamides is 1. The number of hydrogen-bond donors (Lipinski definition) is 2. The minimum Gasteiger partial charge on any atom is -0.493 e. The van der Waals surface area contributed by atoms with Crippen LogP contribution in [0.4, 0.5) is 0 Å². The first kappa shape index (κ1) is 28.8. The lowest BCUT2D eigenvalue weighted by Gasteiger charge is -2.34. The molecule has 0 unspecified atom stereocenters. The summed E-state index contributed by atoms with van der Waals surface area (Å²) >= 11 is 0. The normalized spacial score (nSPS) is 15.5. The van der Waals surface area contributed by atoms with E-state index in [1.165, 1.54) is 16.6 Å². The van der Waals surface area contributed by atoms with Crippen molar-refractivity contribution in [2.45, 2.75) is 58.3 Å². The number of benzene rings is 1. The molecule has 0 spiro atoms. The van der Waals surface area contributed by atoms with Crippen LogP contribution in [-0.4, -0.2) is 83.0 Å². The first-order valence-corrected chi connectivity index (χ1v) is 15.0. The van der Waals surface area contributed by atoms with Gasteiger partial charge in [0.15, 0.2) is 5.82 Å². The largest absolute Gasteiger partial charge is 0.493 e. The topological polar surface area (TPSA) is 133 Å². The summed E-state index contributed by atoms with van der Waals surface area (Å²) in [7, 11) is -3.77. The zero-order valence-corrected chi connectivity index (χ0v) is 23.9. The zero-order valence-electron chi connectivity index (χ0n) is 23.1. The molecule has 1 aliphatic rings. The van der Waals surface area contributed by atoms with Crippen LogP contribution in [0, 0.1) is 6.92 Å². The van der Waals surface area contributed by atoms with Crippen molar-refractivity contribution in [3.8, 4) is 17.1 Å². The quantitative estimate of drug-likeness (QED) is 0.210. The Hall–Kier alpha value is -3.22. The molecule has 1 aliphatic heterocycles. The lowest BCUT2D eigenvalue weighted by atomic mass is 10.1. The maximum absolute atomic E-state index is 13.6. The number of ether oxygens (including phenoxy) is 1. The van der Waals surface area contributed by atoms with Gasteiger partial charge in [0.25, 0.3) is 5.56 Å². The predicted octanol–water partition coefficient (Wildman–Crippen LogP) is 3.26. The zero-order chi connectivity index (χ0) is 28.2. The molecule has 1 fully saturated rings. The molecular weight excluding hydrogens is 520 g/mol. The Kier molecular flexibility index (Phi) is 9.08. The standard InChI is InChI=1S/C27H38N6O5S/c1-5-8-12-31-13-15-32(16-14-31)39(36,37)20-10-11-24(38-7-3)21(17-20)26-29-27(34)25-19(4)22(18-28-35)23(9-6-2)33(25)30-26/h10-11,17-18,35H,5-9,12-16H2,1-4H3,(H,29,30,34)/b28-18+. The number of nitrogens with one attached hydrogen (secondary N) is 1. The summed E-state index contributed by atoms with van der Waals surface area (Å²) in [5.74, 6) is 0.610. The Bertz CT molecular complexity index is 1500. The number of hydrogen-bond acceptors (Lipinski definition) is 8. The van der Waals surface area contributed by atoms with E-state index in [4.69, 9.17) is 9.84 Å². The fraction of sp³-hybridized carbons (Fsp3) is 0.519. The molecular formula is C27H38N6O5S. The summed E-state index contributed by atoms with van der Waals surface area (Å²) in [6, 6.07) is 4.69. The number of H-pyrrole nitrogens is 1. The molecule has 0 amide bonds. The molecule has 1 aromatic carbocycles. The summed E-state index contributed by atoms with van der Waals surface area (Å²) in [5, 5.41) is 17.1. The highest BCUT2D eigenvalue weighted by Gasteiger charge is 2.30. The van der Waals surface area contributed by atoms with E-state index in [0.29, 0.717) is 67.2 Å². The van der Waals surface area contributed by atoms with Crippen molar-refractivity contribution in [3.05, 3.63) is 45.4 Å². The molecule has 2 aromatic heterocycles. The van der Waals surface area contributed by atoms with Gasteiger partial charge in [0, 0.05) is 31.7 Å². The molecule has 212 valence electrons. The summed E-state index contributed by atoms with van der Waals surface area (Å²) in [6.45, 7) is 11.3.